The van der Waals surface area contributed by atoms with E-state index in [4.69, 9.17) is 14.2 Å². The number of hydrogen-bond donors (Lipinski definition) is 0. The minimum absolute atomic E-state index is 0.0914. The zero-order valence-electron chi connectivity index (χ0n) is 19.8. The van der Waals surface area contributed by atoms with Gasteiger partial charge in [0.05, 0.1) is 24.4 Å². The number of likely N-dealkylation sites (tertiary alicyclic amines) is 1. The molecule has 0 radical (unpaired) electrons. The molecule has 4 rings (SSSR count). The average Bonchev–Trinajstić information content (AvgIpc) is 3.06. The Morgan fingerprint density at radius 1 is 1.19 bits per heavy atom. The van der Waals surface area contributed by atoms with Crippen LogP contribution in [0.3, 0.4) is 0 Å². The van der Waals surface area contributed by atoms with Gasteiger partial charge in [0.1, 0.15) is 41.4 Å². The molecule has 1 aromatic carbocycles. The Labute approximate surface area is 205 Å². The van der Waals surface area contributed by atoms with Crippen LogP contribution in [-0.2, 0) is 19.8 Å². The predicted octanol–water partition coefficient (Wildman–Crippen LogP) is 1.62. The van der Waals surface area contributed by atoms with Crippen LogP contribution < -0.4 is 4.74 Å². The largest absolute Gasteiger partial charge is 0.522 e. The number of piperidine rings is 1. The van der Waals surface area contributed by atoms with Crippen molar-refractivity contribution in [3.05, 3.63) is 58.9 Å². The molecule has 3 heterocycles. The first kappa shape index (κ1) is 26.4. The van der Waals surface area contributed by atoms with Crippen molar-refractivity contribution in [2.75, 3.05) is 26.3 Å². The number of ether oxygens (including phenoxy) is 4. The molecular weight excluding hydrogens is 489 g/mol. The van der Waals surface area contributed by atoms with Crippen LogP contribution in [0, 0.1) is 18.6 Å². The summed E-state index contributed by atoms with van der Waals surface area (Å²) in [6.07, 6.45) is -5.20. The molecule has 2 aliphatic heterocycles. The summed E-state index contributed by atoms with van der Waals surface area (Å²) < 4.78 is 85.4. The summed E-state index contributed by atoms with van der Waals surface area (Å²) in [4.78, 5) is 18.9. The van der Waals surface area contributed by atoms with Crippen molar-refractivity contribution in [1.29, 1.82) is 0 Å². The summed E-state index contributed by atoms with van der Waals surface area (Å²) in [6.45, 7) is 0.828. The van der Waals surface area contributed by atoms with Crippen molar-refractivity contribution in [2.45, 2.75) is 37.0 Å². The van der Waals surface area contributed by atoms with Crippen molar-refractivity contribution in [3.8, 4) is 5.75 Å². The Morgan fingerprint density at radius 3 is 2.53 bits per heavy atom. The standard InChI is InChI=1S/C22H23B2F5N2O5/c1-12-17(33-6-7-34-22(27,28)29)3-2-16(30-12)19(32)31-5-4-20(13-8-14(25)10-15(26)9-13)18(11-31)35-21(23,24)36-20/h2-3,8-10,18H,4-7,11,23-24H2,1H3/t18?,20-/m1/s1. The Hall–Kier alpha value is -2.70. The lowest BCUT2D eigenvalue weighted by Crippen LogP contribution is -2.53. The predicted molar refractivity (Wildman–Crippen MR) is 121 cm³/mol. The summed E-state index contributed by atoms with van der Waals surface area (Å²) in [7, 11) is 3.39. The second-order valence-corrected chi connectivity index (χ2v) is 9.08. The minimum Gasteiger partial charge on any atom is -0.489 e. The molecule has 36 heavy (non-hydrogen) atoms. The van der Waals surface area contributed by atoms with Crippen molar-refractivity contribution in [3.63, 3.8) is 0 Å². The highest BCUT2D eigenvalue weighted by Crippen LogP contribution is 2.47. The van der Waals surface area contributed by atoms with Crippen LogP contribution >= 0.6 is 0 Å². The maximum atomic E-state index is 14.0. The SMILES string of the molecule is BC1(B)OC2CN(C(=O)c3ccc(OCCOC(F)(F)F)c(C)n3)CC[C@]2(c2cc(F)cc(F)c2)O1. The first-order valence-electron chi connectivity index (χ1n) is 11.2. The molecule has 0 bridgehead atoms. The molecule has 192 valence electrons. The lowest BCUT2D eigenvalue weighted by Gasteiger charge is -2.42. The number of alkyl halides is 3. The van der Waals surface area contributed by atoms with E-state index in [1.165, 1.54) is 29.2 Å². The number of pyridine rings is 1. The van der Waals surface area contributed by atoms with Crippen LogP contribution in [0.25, 0.3) is 0 Å². The van der Waals surface area contributed by atoms with Gasteiger partial charge in [0.25, 0.3) is 5.91 Å². The molecule has 1 aromatic heterocycles. The molecule has 1 amide bonds. The van der Waals surface area contributed by atoms with Gasteiger partial charge in [0.2, 0.25) is 0 Å². The molecule has 0 saturated carbocycles. The quantitative estimate of drug-likeness (QED) is 0.333. The lowest BCUT2D eigenvalue weighted by molar-refractivity contribution is -0.325. The second-order valence-electron chi connectivity index (χ2n) is 9.08. The van der Waals surface area contributed by atoms with E-state index in [1.807, 2.05) is 0 Å². The van der Waals surface area contributed by atoms with Crippen molar-refractivity contribution in [2.24, 2.45) is 0 Å². The van der Waals surface area contributed by atoms with Gasteiger partial charge < -0.3 is 19.1 Å². The van der Waals surface area contributed by atoms with Gasteiger partial charge in [-0.1, -0.05) is 0 Å². The van der Waals surface area contributed by atoms with Crippen molar-refractivity contribution < 1.29 is 45.7 Å². The van der Waals surface area contributed by atoms with Gasteiger partial charge in [-0.15, -0.1) is 13.2 Å². The zero-order valence-corrected chi connectivity index (χ0v) is 19.8. The van der Waals surface area contributed by atoms with E-state index in [0.717, 1.165) is 6.07 Å². The molecule has 2 aliphatic rings. The maximum Gasteiger partial charge on any atom is 0.522 e. The molecule has 7 nitrogen and oxygen atoms in total. The highest BCUT2D eigenvalue weighted by molar-refractivity contribution is 6.38. The Bertz CT molecular complexity index is 1130. The van der Waals surface area contributed by atoms with Gasteiger partial charge in [0, 0.05) is 19.0 Å². The summed E-state index contributed by atoms with van der Waals surface area (Å²) in [6, 6.07) is 6.06. The number of carbonyl (C=O) groups excluding carboxylic acids is 1. The van der Waals surface area contributed by atoms with E-state index >= 15 is 0 Å². The van der Waals surface area contributed by atoms with E-state index in [9.17, 15) is 26.7 Å². The number of rotatable bonds is 6. The molecule has 0 aliphatic carbocycles. The fourth-order valence-electron chi connectivity index (χ4n) is 4.62. The van der Waals surface area contributed by atoms with Crippen molar-refractivity contribution in [1.82, 2.24) is 9.88 Å². The highest BCUT2D eigenvalue weighted by atomic mass is 19.4. The van der Waals surface area contributed by atoms with E-state index < -0.39 is 47.8 Å². The zero-order chi connectivity index (χ0) is 26.3. The third-order valence-electron chi connectivity index (χ3n) is 6.01. The Kier molecular flexibility index (Phi) is 7.06. The van der Waals surface area contributed by atoms with Gasteiger partial charge in [-0.05, 0) is 36.8 Å². The fraction of sp³-hybridized carbons (Fsp3) is 0.455. The number of nitrogens with zero attached hydrogens (tertiary/aromatic N) is 2. The monoisotopic (exact) mass is 512 g/mol. The molecule has 2 atom stereocenters. The Balaban J connectivity index is 1.47. The molecule has 14 heteroatoms. The third-order valence-corrected chi connectivity index (χ3v) is 6.01. The topological polar surface area (TPSA) is 70.1 Å². The fourth-order valence-corrected chi connectivity index (χ4v) is 4.62. The average molecular weight is 512 g/mol. The molecule has 0 spiro atoms. The van der Waals surface area contributed by atoms with Gasteiger partial charge in [-0.3, -0.25) is 9.53 Å². The normalized spacial score (nSPS) is 23.4. The van der Waals surface area contributed by atoms with Crippen molar-refractivity contribution >= 4 is 21.6 Å². The second kappa shape index (κ2) is 9.64. The van der Waals surface area contributed by atoms with E-state index in [2.05, 4.69) is 9.72 Å². The summed E-state index contributed by atoms with van der Waals surface area (Å²) in [5.74, 6) is -1.66. The molecule has 0 N–H and O–H groups in total. The number of aromatic nitrogens is 1. The molecule has 2 fully saturated rings. The first-order chi connectivity index (χ1) is 16.8. The van der Waals surface area contributed by atoms with E-state index in [1.54, 1.807) is 22.6 Å². The summed E-state index contributed by atoms with van der Waals surface area (Å²) in [5, 5.41) is 0. The number of halogens is 5. The van der Waals surface area contributed by atoms with Crippen LogP contribution in [-0.4, -0.2) is 75.8 Å². The smallest absolute Gasteiger partial charge is 0.489 e. The summed E-state index contributed by atoms with van der Waals surface area (Å²) in [5.41, 5.74) is -1.46. The first-order valence-corrected chi connectivity index (χ1v) is 11.2. The lowest BCUT2D eigenvalue weighted by atomic mass is 9.76. The Morgan fingerprint density at radius 2 is 1.89 bits per heavy atom. The number of fused-ring (bicyclic) bond motifs is 1. The van der Waals surface area contributed by atoms with Gasteiger partial charge in [-0.2, -0.15) is 0 Å². The van der Waals surface area contributed by atoms with E-state index in [0.29, 0.717) is 11.3 Å². The van der Waals surface area contributed by atoms with Gasteiger partial charge in [0.15, 0.2) is 15.7 Å². The minimum atomic E-state index is -4.74. The molecule has 1 unspecified atom stereocenters. The number of carbonyl (C=O) groups is 1. The number of aryl methyl sites for hydroxylation is 1. The van der Waals surface area contributed by atoms with E-state index in [-0.39, 0.29) is 37.6 Å². The number of hydrogen-bond acceptors (Lipinski definition) is 6. The number of benzene rings is 1. The molecule has 2 saturated heterocycles. The third kappa shape index (κ3) is 5.65. The van der Waals surface area contributed by atoms with Crippen LogP contribution in [0.4, 0.5) is 22.0 Å². The van der Waals surface area contributed by atoms with Gasteiger partial charge in [-0.25, -0.2) is 13.8 Å². The van der Waals surface area contributed by atoms with Crippen LogP contribution in [0.15, 0.2) is 30.3 Å². The van der Waals surface area contributed by atoms with Crippen LogP contribution in [0.2, 0.25) is 0 Å². The van der Waals surface area contributed by atoms with Gasteiger partial charge >= 0.3 is 6.36 Å². The summed E-state index contributed by atoms with van der Waals surface area (Å²) >= 11 is 0. The molecular formula is C22H23B2F5N2O5. The maximum absolute atomic E-state index is 14.0. The highest BCUT2D eigenvalue weighted by Gasteiger charge is 2.56. The van der Waals surface area contributed by atoms with Crippen LogP contribution in [0.5, 0.6) is 5.75 Å². The van der Waals surface area contributed by atoms with Crippen LogP contribution in [0.1, 0.15) is 28.2 Å². The molecule has 2 aromatic rings. The number of amides is 1.